The summed E-state index contributed by atoms with van der Waals surface area (Å²) in [5.74, 6) is -1.94. The molecule has 0 heterocycles. The molecule has 3 rings (SSSR count). The van der Waals surface area contributed by atoms with Gasteiger partial charge < -0.3 is 10.2 Å². The average Bonchev–Trinajstić information content (AvgIpc) is 2.70. The summed E-state index contributed by atoms with van der Waals surface area (Å²) in [6, 6.07) is 24.9. The molecule has 0 amide bonds. The van der Waals surface area contributed by atoms with Crippen molar-refractivity contribution in [2.45, 2.75) is 12.8 Å². The first-order chi connectivity index (χ1) is 13.0. The molecule has 2 N–H and O–H groups in total. The molecule has 4 heteroatoms. The van der Waals surface area contributed by atoms with Gasteiger partial charge in [0.25, 0.3) is 0 Å². The summed E-state index contributed by atoms with van der Waals surface area (Å²) in [6.45, 7) is 0. The smallest absolute Gasteiger partial charge is 0.371 e. The van der Waals surface area contributed by atoms with Gasteiger partial charge >= 0.3 is 5.97 Å². The van der Waals surface area contributed by atoms with Crippen molar-refractivity contribution in [1.29, 1.82) is 0 Å². The molecule has 3 aromatic carbocycles. The lowest BCUT2D eigenvalue weighted by Crippen LogP contribution is -2.04. The van der Waals surface area contributed by atoms with Crippen molar-refractivity contribution in [3.05, 3.63) is 101 Å². The molecule has 0 unspecified atom stereocenters. The zero-order valence-electron chi connectivity index (χ0n) is 14.6. The Morgan fingerprint density at radius 2 is 1.37 bits per heavy atom. The van der Waals surface area contributed by atoms with Gasteiger partial charge in [-0.15, -0.1) is 0 Å². The first-order valence-electron chi connectivity index (χ1n) is 8.60. The molecule has 0 spiro atoms. The molecular weight excluding hydrogens is 360 g/mol. The number of rotatable bonds is 6. The van der Waals surface area contributed by atoms with E-state index in [1.54, 1.807) is 12.1 Å². The van der Waals surface area contributed by atoms with E-state index in [1.165, 1.54) is 0 Å². The van der Waals surface area contributed by atoms with Crippen LogP contribution in [0.1, 0.15) is 17.5 Å². The van der Waals surface area contributed by atoms with Gasteiger partial charge in [0.2, 0.25) is 5.76 Å². The summed E-state index contributed by atoms with van der Waals surface area (Å²) < 4.78 is 0. The highest BCUT2D eigenvalue weighted by Crippen LogP contribution is 2.27. The second-order valence-corrected chi connectivity index (χ2v) is 6.64. The van der Waals surface area contributed by atoms with Crippen LogP contribution in [-0.2, 0) is 11.2 Å². The van der Waals surface area contributed by atoms with Crippen LogP contribution in [-0.4, -0.2) is 16.2 Å². The van der Waals surface area contributed by atoms with Crippen LogP contribution in [0.5, 0.6) is 0 Å². The maximum absolute atomic E-state index is 11.3. The quantitative estimate of drug-likeness (QED) is 0.409. The van der Waals surface area contributed by atoms with E-state index in [0.717, 1.165) is 16.7 Å². The summed E-state index contributed by atoms with van der Waals surface area (Å²) in [5.41, 5.74) is 4.25. The van der Waals surface area contributed by atoms with E-state index in [0.29, 0.717) is 29.0 Å². The Labute approximate surface area is 163 Å². The summed E-state index contributed by atoms with van der Waals surface area (Å²) in [4.78, 5) is 11.3. The summed E-state index contributed by atoms with van der Waals surface area (Å²) in [7, 11) is 0. The highest BCUT2D eigenvalue weighted by atomic mass is 35.5. The number of hydrogen-bond acceptors (Lipinski definition) is 2. The molecule has 0 aliphatic rings. The van der Waals surface area contributed by atoms with Crippen molar-refractivity contribution in [3.63, 3.8) is 0 Å². The summed E-state index contributed by atoms with van der Waals surface area (Å²) in [5, 5.41) is 20.0. The average molecular weight is 379 g/mol. The molecule has 0 radical (unpaired) electrons. The number of carboxylic acids is 1. The zero-order chi connectivity index (χ0) is 19.2. The summed E-state index contributed by atoms with van der Waals surface area (Å²) >= 11 is 5.90. The van der Waals surface area contributed by atoms with Crippen LogP contribution in [0.25, 0.3) is 16.7 Å². The molecule has 0 fully saturated rings. The molecule has 0 saturated carbocycles. The van der Waals surface area contributed by atoms with Crippen LogP contribution in [0.15, 0.2) is 84.6 Å². The van der Waals surface area contributed by atoms with Crippen LogP contribution in [0.2, 0.25) is 5.02 Å². The fourth-order valence-corrected chi connectivity index (χ4v) is 3.07. The van der Waals surface area contributed by atoms with Gasteiger partial charge in [-0.2, -0.15) is 0 Å². The Kier molecular flexibility index (Phi) is 5.94. The molecule has 0 aromatic heterocycles. The largest absolute Gasteiger partial charge is 0.502 e. The van der Waals surface area contributed by atoms with E-state index in [9.17, 15) is 15.0 Å². The van der Waals surface area contributed by atoms with Gasteiger partial charge in [0.1, 0.15) is 0 Å². The third-order valence-electron chi connectivity index (χ3n) is 4.41. The number of hydrogen-bond donors (Lipinski definition) is 2. The number of allylic oxidation sites excluding steroid dienone is 1. The van der Waals surface area contributed by atoms with Crippen LogP contribution in [0, 0.1) is 0 Å². The number of aryl methyl sites for hydroxylation is 1. The first kappa shape index (κ1) is 18.7. The number of aliphatic carboxylic acids is 1. The zero-order valence-corrected chi connectivity index (χ0v) is 15.4. The second-order valence-electron chi connectivity index (χ2n) is 6.20. The molecule has 0 aliphatic carbocycles. The minimum atomic E-state index is -1.33. The Hall–Kier alpha value is -3.04. The van der Waals surface area contributed by atoms with Gasteiger partial charge in [0, 0.05) is 10.6 Å². The van der Waals surface area contributed by atoms with Crippen molar-refractivity contribution in [2.24, 2.45) is 0 Å². The molecule has 27 heavy (non-hydrogen) atoms. The first-order valence-corrected chi connectivity index (χ1v) is 8.98. The highest BCUT2D eigenvalue weighted by Gasteiger charge is 2.15. The topological polar surface area (TPSA) is 57.5 Å². The fraction of sp³-hybridized carbons (Fsp3) is 0.0870. The number of halogens is 1. The summed E-state index contributed by atoms with van der Waals surface area (Å²) in [6.07, 6.45) is 1.01. The Morgan fingerprint density at radius 1 is 0.778 bits per heavy atom. The standard InChI is InChI=1S/C23H19ClO3/c24-20-13-6-16(7-14-20)8-15-21(22(25)23(26)27)19-11-9-18(10-12-19)17-4-2-1-3-5-17/h1-7,9-14,25H,8,15H2,(H,26,27)/b22-21-. The molecule has 3 nitrogen and oxygen atoms in total. The van der Waals surface area contributed by atoms with E-state index < -0.39 is 11.7 Å². The van der Waals surface area contributed by atoms with Crippen LogP contribution in [0.3, 0.4) is 0 Å². The number of carbonyl (C=O) groups is 1. The number of carboxylic acid groups (broad SMARTS) is 1. The molecular formula is C23H19ClO3. The van der Waals surface area contributed by atoms with E-state index >= 15 is 0 Å². The van der Waals surface area contributed by atoms with E-state index in [4.69, 9.17) is 11.6 Å². The normalized spacial score (nSPS) is 11.7. The predicted octanol–water partition coefficient (Wildman–Crippen LogP) is 5.99. The van der Waals surface area contributed by atoms with Gasteiger partial charge in [-0.25, -0.2) is 4.79 Å². The number of benzene rings is 3. The van der Waals surface area contributed by atoms with Gasteiger partial charge in [0.05, 0.1) is 0 Å². The third kappa shape index (κ3) is 4.78. The van der Waals surface area contributed by atoms with Gasteiger partial charge in [-0.05, 0) is 47.2 Å². The molecule has 0 aliphatic heterocycles. The van der Waals surface area contributed by atoms with E-state index in [-0.39, 0.29) is 0 Å². The molecule has 0 bridgehead atoms. The third-order valence-corrected chi connectivity index (χ3v) is 4.66. The minimum absolute atomic E-state index is 0.407. The van der Waals surface area contributed by atoms with Crippen LogP contribution < -0.4 is 0 Å². The van der Waals surface area contributed by atoms with Crippen molar-refractivity contribution in [2.75, 3.05) is 0 Å². The van der Waals surface area contributed by atoms with E-state index in [1.807, 2.05) is 66.7 Å². The maximum Gasteiger partial charge on any atom is 0.371 e. The second kappa shape index (κ2) is 8.56. The molecule has 3 aromatic rings. The monoisotopic (exact) mass is 378 g/mol. The SMILES string of the molecule is O=C(O)/C(O)=C(\CCc1ccc(Cl)cc1)c1ccc(-c2ccccc2)cc1. The Balaban J connectivity index is 1.86. The molecule has 0 saturated heterocycles. The van der Waals surface area contributed by atoms with Crippen LogP contribution in [0.4, 0.5) is 0 Å². The molecule has 0 atom stereocenters. The van der Waals surface area contributed by atoms with E-state index in [2.05, 4.69) is 0 Å². The lowest BCUT2D eigenvalue weighted by atomic mass is 9.95. The van der Waals surface area contributed by atoms with Crippen molar-refractivity contribution < 1.29 is 15.0 Å². The number of aliphatic hydroxyl groups excluding tert-OH is 1. The lowest BCUT2D eigenvalue weighted by molar-refractivity contribution is -0.135. The highest BCUT2D eigenvalue weighted by molar-refractivity contribution is 6.30. The Bertz CT molecular complexity index is 943. The van der Waals surface area contributed by atoms with Gasteiger partial charge in [-0.3, -0.25) is 0 Å². The van der Waals surface area contributed by atoms with Crippen LogP contribution >= 0.6 is 11.6 Å². The minimum Gasteiger partial charge on any atom is -0.502 e. The Morgan fingerprint density at radius 3 is 1.96 bits per heavy atom. The predicted molar refractivity (Wildman–Crippen MR) is 109 cm³/mol. The lowest BCUT2D eigenvalue weighted by Gasteiger charge is -2.11. The molecule has 136 valence electrons. The van der Waals surface area contributed by atoms with Crippen molar-refractivity contribution in [1.82, 2.24) is 0 Å². The maximum atomic E-state index is 11.3. The fourth-order valence-electron chi connectivity index (χ4n) is 2.94. The van der Waals surface area contributed by atoms with Gasteiger partial charge in [-0.1, -0.05) is 78.3 Å². The van der Waals surface area contributed by atoms with Crippen molar-refractivity contribution in [3.8, 4) is 11.1 Å². The van der Waals surface area contributed by atoms with Gasteiger partial charge in [0.15, 0.2) is 0 Å². The van der Waals surface area contributed by atoms with Crippen molar-refractivity contribution >= 4 is 23.1 Å². The number of aliphatic hydroxyl groups is 1.